The predicted molar refractivity (Wildman–Crippen MR) is 133 cm³/mol. The van der Waals surface area contributed by atoms with Crippen molar-refractivity contribution in [1.82, 2.24) is 19.8 Å². The molecule has 1 amide bonds. The summed E-state index contributed by atoms with van der Waals surface area (Å²) in [5.41, 5.74) is 0.0498. The molecule has 0 aliphatic carbocycles. The number of piperidine rings is 1. The zero-order valence-corrected chi connectivity index (χ0v) is 20.1. The van der Waals surface area contributed by atoms with Gasteiger partial charge < -0.3 is 19.8 Å². The summed E-state index contributed by atoms with van der Waals surface area (Å²) in [5, 5.41) is 11.3. The van der Waals surface area contributed by atoms with Gasteiger partial charge >= 0.3 is 0 Å². The minimum atomic E-state index is -0.820. The second-order valence-electron chi connectivity index (χ2n) is 10.4. The first kappa shape index (κ1) is 23.1. The fourth-order valence-corrected chi connectivity index (χ4v) is 5.63. The third-order valence-electron chi connectivity index (χ3n) is 7.85. The van der Waals surface area contributed by atoms with Gasteiger partial charge in [-0.25, -0.2) is 9.97 Å². The van der Waals surface area contributed by atoms with Crippen LogP contribution in [-0.4, -0.2) is 95.3 Å². The van der Waals surface area contributed by atoms with Crippen molar-refractivity contribution >= 4 is 17.5 Å². The van der Waals surface area contributed by atoms with E-state index in [4.69, 9.17) is 0 Å². The second-order valence-corrected chi connectivity index (χ2v) is 10.4. The van der Waals surface area contributed by atoms with Crippen LogP contribution in [0.4, 0.5) is 11.6 Å². The number of benzene rings is 1. The SMILES string of the molecule is CC1(C(=O)N2CCC(O)(CN3CCN(c4ccccc4)CC3)C2)CCN(c2ncccn2)CC1. The summed E-state index contributed by atoms with van der Waals surface area (Å²) in [6.45, 7) is 9.12. The lowest BCUT2D eigenvalue weighted by atomic mass is 9.79. The van der Waals surface area contributed by atoms with Crippen molar-refractivity contribution in [2.75, 3.05) is 68.7 Å². The molecule has 0 radical (unpaired) electrons. The fourth-order valence-electron chi connectivity index (χ4n) is 5.63. The van der Waals surface area contributed by atoms with E-state index in [1.54, 1.807) is 12.4 Å². The molecule has 5 rings (SSSR count). The van der Waals surface area contributed by atoms with Crippen molar-refractivity contribution in [1.29, 1.82) is 0 Å². The summed E-state index contributed by atoms with van der Waals surface area (Å²) < 4.78 is 0. The van der Waals surface area contributed by atoms with Crippen molar-refractivity contribution in [3.8, 4) is 0 Å². The van der Waals surface area contributed by atoms with Crippen LogP contribution in [0.15, 0.2) is 48.8 Å². The van der Waals surface area contributed by atoms with Gasteiger partial charge in [-0.1, -0.05) is 25.1 Å². The molecule has 0 spiro atoms. The molecule has 1 unspecified atom stereocenters. The molecule has 1 atom stereocenters. The highest BCUT2D eigenvalue weighted by Crippen LogP contribution is 2.36. The lowest BCUT2D eigenvalue weighted by Crippen LogP contribution is -2.54. The molecule has 34 heavy (non-hydrogen) atoms. The first-order valence-corrected chi connectivity index (χ1v) is 12.5. The van der Waals surface area contributed by atoms with Crippen LogP contribution < -0.4 is 9.80 Å². The molecule has 182 valence electrons. The van der Waals surface area contributed by atoms with E-state index in [2.05, 4.69) is 55.9 Å². The molecule has 1 aromatic carbocycles. The molecule has 3 aliphatic rings. The highest BCUT2D eigenvalue weighted by molar-refractivity contribution is 5.83. The predicted octanol–water partition coefficient (Wildman–Crippen LogP) is 1.87. The normalized spacial score (nSPS) is 25.5. The van der Waals surface area contributed by atoms with Gasteiger partial charge in [-0.2, -0.15) is 0 Å². The van der Waals surface area contributed by atoms with Crippen LogP contribution in [-0.2, 0) is 4.79 Å². The van der Waals surface area contributed by atoms with Crippen molar-refractivity contribution in [3.05, 3.63) is 48.8 Å². The van der Waals surface area contributed by atoms with Gasteiger partial charge in [0.25, 0.3) is 0 Å². The Morgan fingerprint density at radius 1 is 0.882 bits per heavy atom. The maximum absolute atomic E-state index is 13.5. The van der Waals surface area contributed by atoms with Crippen molar-refractivity contribution in [2.24, 2.45) is 5.41 Å². The van der Waals surface area contributed by atoms with Crippen LogP contribution in [0.5, 0.6) is 0 Å². The largest absolute Gasteiger partial charge is 0.387 e. The molecular weight excluding hydrogens is 428 g/mol. The van der Waals surface area contributed by atoms with E-state index in [1.807, 2.05) is 17.0 Å². The Kier molecular flexibility index (Phi) is 6.44. The van der Waals surface area contributed by atoms with Crippen molar-refractivity contribution in [2.45, 2.75) is 31.8 Å². The van der Waals surface area contributed by atoms with Crippen molar-refractivity contribution in [3.63, 3.8) is 0 Å². The minimum absolute atomic E-state index is 0.186. The van der Waals surface area contributed by atoms with Gasteiger partial charge in [-0.15, -0.1) is 0 Å². The van der Waals surface area contributed by atoms with E-state index >= 15 is 0 Å². The molecule has 8 nitrogen and oxygen atoms in total. The fraction of sp³-hybridized carbons (Fsp3) is 0.577. The monoisotopic (exact) mass is 464 g/mol. The first-order chi connectivity index (χ1) is 16.4. The van der Waals surface area contributed by atoms with Crippen molar-refractivity contribution < 1.29 is 9.90 Å². The first-order valence-electron chi connectivity index (χ1n) is 12.5. The Morgan fingerprint density at radius 3 is 2.24 bits per heavy atom. The van der Waals surface area contributed by atoms with E-state index in [-0.39, 0.29) is 5.91 Å². The van der Waals surface area contributed by atoms with Gasteiger partial charge in [0.2, 0.25) is 11.9 Å². The van der Waals surface area contributed by atoms with Crippen LogP contribution in [0.1, 0.15) is 26.2 Å². The number of hydrogen-bond donors (Lipinski definition) is 1. The maximum Gasteiger partial charge on any atom is 0.228 e. The molecule has 0 saturated carbocycles. The topological polar surface area (TPSA) is 76.0 Å². The average molecular weight is 465 g/mol. The number of aliphatic hydroxyl groups is 1. The molecule has 2 aromatic rings. The molecular formula is C26H36N6O2. The summed E-state index contributed by atoms with van der Waals surface area (Å²) in [6.07, 6.45) is 5.72. The number of aromatic nitrogens is 2. The molecule has 3 aliphatic heterocycles. The summed E-state index contributed by atoms with van der Waals surface area (Å²) in [4.78, 5) is 31.0. The van der Waals surface area contributed by atoms with Gasteiger partial charge in [-0.05, 0) is 37.5 Å². The Labute approximate surface area is 202 Å². The average Bonchev–Trinajstić information content (AvgIpc) is 3.27. The van der Waals surface area contributed by atoms with Gasteiger partial charge in [0.15, 0.2) is 0 Å². The molecule has 4 heterocycles. The van der Waals surface area contributed by atoms with Crippen LogP contribution in [0.3, 0.4) is 0 Å². The molecule has 1 aromatic heterocycles. The molecule has 3 saturated heterocycles. The third kappa shape index (κ3) is 4.88. The number of β-amino-alcohol motifs (C(OH)–C–C–N with tert-alkyl or cyclic N) is 1. The van der Waals surface area contributed by atoms with Gasteiger partial charge in [0.1, 0.15) is 0 Å². The van der Waals surface area contributed by atoms with Gasteiger partial charge in [-0.3, -0.25) is 9.69 Å². The summed E-state index contributed by atoms with van der Waals surface area (Å²) in [5.74, 6) is 0.922. The summed E-state index contributed by atoms with van der Waals surface area (Å²) in [6, 6.07) is 12.3. The number of anilines is 2. The smallest absolute Gasteiger partial charge is 0.228 e. The van der Waals surface area contributed by atoms with Gasteiger partial charge in [0.05, 0.1) is 12.1 Å². The third-order valence-corrected chi connectivity index (χ3v) is 7.85. The van der Waals surface area contributed by atoms with Crippen LogP contribution >= 0.6 is 0 Å². The number of carbonyl (C=O) groups is 1. The Balaban J connectivity index is 1.12. The Bertz CT molecular complexity index is 958. The lowest BCUT2D eigenvalue weighted by Gasteiger charge is -2.41. The Hall–Kier alpha value is -2.71. The molecule has 8 heteroatoms. The standard InChI is InChI=1S/C26H36N6O2/c1-25(8-13-31(14-9-25)24-27-11-5-12-28-24)23(33)32-15-10-26(34,21-32)20-29-16-18-30(19-17-29)22-6-3-2-4-7-22/h2-7,11-12,34H,8-10,13-21H2,1H3. The quantitative estimate of drug-likeness (QED) is 0.724. The van der Waals surface area contributed by atoms with E-state index in [1.165, 1.54) is 5.69 Å². The number of carbonyl (C=O) groups excluding carboxylic acids is 1. The summed E-state index contributed by atoms with van der Waals surface area (Å²) >= 11 is 0. The number of likely N-dealkylation sites (tertiary alicyclic amines) is 1. The van der Waals surface area contributed by atoms with E-state index in [0.29, 0.717) is 26.1 Å². The van der Waals surface area contributed by atoms with E-state index < -0.39 is 11.0 Å². The van der Waals surface area contributed by atoms with E-state index in [0.717, 1.165) is 58.1 Å². The second kappa shape index (κ2) is 9.50. The molecule has 0 bridgehead atoms. The van der Waals surface area contributed by atoms with Crippen LogP contribution in [0, 0.1) is 5.41 Å². The number of hydrogen-bond acceptors (Lipinski definition) is 7. The number of piperazine rings is 1. The number of rotatable bonds is 5. The van der Waals surface area contributed by atoms with Gasteiger partial charge in [0, 0.05) is 75.9 Å². The highest BCUT2D eigenvalue weighted by Gasteiger charge is 2.46. The van der Waals surface area contributed by atoms with E-state index in [9.17, 15) is 9.90 Å². The molecule has 1 N–H and O–H groups in total. The maximum atomic E-state index is 13.5. The van der Waals surface area contributed by atoms with Crippen LogP contribution in [0.2, 0.25) is 0 Å². The zero-order chi connectivity index (χ0) is 23.6. The zero-order valence-electron chi connectivity index (χ0n) is 20.1. The number of amides is 1. The molecule has 3 fully saturated rings. The number of para-hydroxylation sites is 1. The summed E-state index contributed by atoms with van der Waals surface area (Å²) in [7, 11) is 0. The van der Waals surface area contributed by atoms with Crippen LogP contribution in [0.25, 0.3) is 0 Å². The highest BCUT2D eigenvalue weighted by atomic mass is 16.3. The Morgan fingerprint density at radius 2 is 1.56 bits per heavy atom. The number of nitrogens with zero attached hydrogens (tertiary/aromatic N) is 6. The minimum Gasteiger partial charge on any atom is -0.387 e. The lowest BCUT2D eigenvalue weighted by molar-refractivity contribution is -0.142.